The Morgan fingerprint density at radius 1 is 0.900 bits per heavy atom. The maximum Gasteiger partial charge on any atom is 0.335 e. The van der Waals surface area contributed by atoms with Crippen LogP contribution in [0.2, 0.25) is 0 Å². The van der Waals surface area contributed by atoms with Gasteiger partial charge in [-0.05, 0) is 6.92 Å². The van der Waals surface area contributed by atoms with Crippen molar-refractivity contribution in [2.45, 2.75) is 62.4 Å². The fourth-order valence-corrected chi connectivity index (χ4v) is 3.92. The number of ether oxygens (including phenoxy) is 4. The molecule has 30 heavy (non-hydrogen) atoms. The Labute approximate surface area is 172 Å². The first kappa shape index (κ1) is 25.0. The number of ketones is 1. The Bertz CT molecular complexity index is 586. The largest absolute Gasteiger partial charge is 0.479 e. The summed E-state index contributed by atoms with van der Waals surface area (Å²) in [6.07, 6.45) is -11.7. The lowest BCUT2D eigenvalue weighted by Gasteiger charge is -2.45. The second kappa shape index (κ2) is 10.9. The first-order valence-corrected chi connectivity index (χ1v) is 9.59. The van der Waals surface area contributed by atoms with E-state index in [1.807, 2.05) is 0 Å². The van der Waals surface area contributed by atoms with E-state index in [2.05, 4.69) is 0 Å². The quantitative estimate of drug-likeness (QED) is 0.212. The SMILES string of the molecule is COC[C@@H]1OC(CO)[C@@H](O)C(CO[C@@H]2OC(C(=O)O)[C@@H](O)C(O)C2O)C1CC(C)=O. The van der Waals surface area contributed by atoms with Gasteiger partial charge in [0.2, 0.25) is 0 Å². The van der Waals surface area contributed by atoms with Gasteiger partial charge in [0.25, 0.3) is 0 Å². The van der Waals surface area contributed by atoms with Crippen LogP contribution >= 0.6 is 0 Å². The van der Waals surface area contributed by atoms with E-state index in [0.717, 1.165) is 0 Å². The molecule has 2 saturated heterocycles. The smallest absolute Gasteiger partial charge is 0.335 e. The minimum absolute atomic E-state index is 0.0183. The van der Waals surface area contributed by atoms with Gasteiger partial charge in [-0.3, -0.25) is 0 Å². The Kier molecular flexibility index (Phi) is 9.09. The second-order valence-corrected chi connectivity index (χ2v) is 7.64. The van der Waals surface area contributed by atoms with Crippen LogP contribution in [0.15, 0.2) is 0 Å². The first-order chi connectivity index (χ1) is 14.1. The van der Waals surface area contributed by atoms with Gasteiger partial charge >= 0.3 is 5.97 Å². The van der Waals surface area contributed by atoms with Gasteiger partial charge in [0.05, 0.1) is 32.0 Å². The summed E-state index contributed by atoms with van der Waals surface area (Å²) in [7, 11) is 1.43. The van der Waals surface area contributed by atoms with Crippen LogP contribution in [0.25, 0.3) is 0 Å². The highest BCUT2D eigenvalue weighted by Crippen LogP contribution is 2.35. The van der Waals surface area contributed by atoms with Crippen molar-refractivity contribution in [3.8, 4) is 0 Å². The monoisotopic (exact) mass is 438 g/mol. The summed E-state index contributed by atoms with van der Waals surface area (Å²) in [6.45, 7) is 0.650. The summed E-state index contributed by atoms with van der Waals surface area (Å²) < 4.78 is 21.3. The van der Waals surface area contributed by atoms with Crippen LogP contribution in [-0.4, -0.2) is 118 Å². The third-order valence-electron chi connectivity index (χ3n) is 5.50. The Morgan fingerprint density at radius 2 is 1.57 bits per heavy atom. The van der Waals surface area contributed by atoms with Gasteiger partial charge in [-0.15, -0.1) is 0 Å². The van der Waals surface area contributed by atoms with Crippen molar-refractivity contribution in [3.05, 3.63) is 0 Å². The van der Waals surface area contributed by atoms with Crippen molar-refractivity contribution in [1.29, 1.82) is 0 Å². The van der Waals surface area contributed by atoms with E-state index in [-0.39, 0.29) is 25.4 Å². The highest BCUT2D eigenvalue weighted by Gasteiger charge is 2.49. The number of aliphatic hydroxyl groups excluding tert-OH is 5. The van der Waals surface area contributed by atoms with E-state index in [9.17, 15) is 35.1 Å². The number of Topliss-reactive ketones (excluding diaryl/α,β-unsaturated/α-hetero) is 1. The van der Waals surface area contributed by atoms with Crippen molar-refractivity contribution in [2.24, 2.45) is 11.8 Å². The van der Waals surface area contributed by atoms with Crippen LogP contribution in [0.4, 0.5) is 0 Å². The molecule has 0 bridgehead atoms. The van der Waals surface area contributed by atoms with Gasteiger partial charge in [0, 0.05) is 25.4 Å². The lowest BCUT2D eigenvalue weighted by atomic mass is 9.77. The molecule has 2 fully saturated rings. The van der Waals surface area contributed by atoms with E-state index in [0.29, 0.717) is 0 Å². The average Bonchev–Trinajstić information content (AvgIpc) is 2.68. The van der Waals surface area contributed by atoms with Crippen LogP contribution in [0.1, 0.15) is 13.3 Å². The van der Waals surface area contributed by atoms with Crippen molar-refractivity contribution in [3.63, 3.8) is 0 Å². The Hall–Kier alpha value is -1.22. The first-order valence-electron chi connectivity index (χ1n) is 9.59. The number of carboxylic acids is 1. The zero-order valence-corrected chi connectivity index (χ0v) is 16.7. The summed E-state index contributed by atoms with van der Waals surface area (Å²) in [5, 5.41) is 59.0. The molecule has 10 atom stereocenters. The topological polar surface area (TPSA) is 192 Å². The number of rotatable bonds is 9. The van der Waals surface area contributed by atoms with E-state index in [4.69, 9.17) is 24.1 Å². The molecule has 2 heterocycles. The molecule has 2 rings (SSSR count). The standard InChI is InChI=1S/C18H30O12/c1-7(20)3-8-9(12(21)10(4-19)29-11(8)6-27-2)5-28-18-15(24)13(22)14(23)16(30-18)17(25)26/h8-16,18-19,21-24H,3-6H2,1-2H3,(H,25,26)/t8?,9?,10?,11-,12-,13?,14-,15?,16?,18+/m0/s1. The zero-order valence-electron chi connectivity index (χ0n) is 16.7. The molecule has 0 aliphatic carbocycles. The van der Waals surface area contributed by atoms with E-state index in [1.54, 1.807) is 0 Å². The van der Waals surface area contributed by atoms with Crippen molar-refractivity contribution in [1.82, 2.24) is 0 Å². The van der Waals surface area contributed by atoms with Crippen LogP contribution in [0.5, 0.6) is 0 Å². The van der Waals surface area contributed by atoms with Crippen molar-refractivity contribution >= 4 is 11.8 Å². The normalized spacial score (nSPS) is 42.1. The number of hydrogen-bond donors (Lipinski definition) is 6. The highest BCUT2D eigenvalue weighted by molar-refractivity contribution is 5.75. The molecule has 0 saturated carbocycles. The molecule has 6 unspecified atom stereocenters. The molecular weight excluding hydrogens is 408 g/mol. The molecule has 0 amide bonds. The zero-order chi connectivity index (χ0) is 22.6. The number of carboxylic acid groups (broad SMARTS) is 1. The fraction of sp³-hybridized carbons (Fsp3) is 0.889. The number of carbonyl (C=O) groups is 2. The van der Waals surface area contributed by atoms with Crippen LogP contribution < -0.4 is 0 Å². The molecule has 0 spiro atoms. The van der Waals surface area contributed by atoms with Gasteiger partial charge in [-0.25, -0.2) is 4.79 Å². The number of methoxy groups -OCH3 is 1. The van der Waals surface area contributed by atoms with E-state index < -0.39 is 73.4 Å². The molecule has 2 aliphatic rings. The molecule has 12 heteroatoms. The van der Waals surface area contributed by atoms with Gasteiger partial charge in [0.15, 0.2) is 12.4 Å². The van der Waals surface area contributed by atoms with E-state index >= 15 is 0 Å². The van der Waals surface area contributed by atoms with Crippen LogP contribution in [0.3, 0.4) is 0 Å². The molecule has 0 aromatic rings. The van der Waals surface area contributed by atoms with Crippen molar-refractivity contribution < 1.29 is 59.2 Å². The Morgan fingerprint density at radius 3 is 2.10 bits per heavy atom. The summed E-state index contributed by atoms with van der Waals surface area (Å²) in [5.74, 6) is -3.05. The molecule has 0 aromatic carbocycles. The third-order valence-corrected chi connectivity index (χ3v) is 5.50. The predicted octanol–water partition coefficient (Wildman–Crippen LogP) is -3.13. The lowest BCUT2D eigenvalue weighted by Crippen LogP contribution is -2.61. The lowest BCUT2D eigenvalue weighted by molar-refractivity contribution is -0.303. The number of aliphatic carboxylic acids is 1. The molecule has 0 aromatic heterocycles. The molecule has 12 nitrogen and oxygen atoms in total. The maximum atomic E-state index is 11.8. The fourth-order valence-electron chi connectivity index (χ4n) is 3.92. The number of carbonyl (C=O) groups excluding carboxylic acids is 1. The number of aliphatic hydroxyl groups is 5. The van der Waals surface area contributed by atoms with Gasteiger partial charge in [-0.2, -0.15) is 0 Å². The molecule has 174 valence electrons. The molecule has 0 radical (unpaired) electrons. The molecular formula is C18H30O12. The maximum absolute atomic E-state index is 11.8. The van der Waals surface area contributed by atoms with Gasteiger partial charge in [0.1, 0.15) is 30.2 Å². The van der Waals surface area contributed by atoms with Crippen molar-refractivity contribution in [2.75, 3.05) is 26.9 Å². The minimum Gasteiger partial charge on any atom is -0.479 e. The van der Waals surface area contributed by atoms with Crippen LogP contribution in [0, 0.1) is 11.8 Å². The minimum atomic E-state index is -1.86. The molecule has 6 N–H and O–H groups in total. The molecule has 2 aliphatic heterocycles. The second-order valence-electron chi connectivity index (χ2n) is 7.64. The summed E-state index contributed by atoms with van der Waals surface area (Å²) in [5.41, 5.74) is 0. The Balaban J connectivity index is 2.18. The van der Waals surface area contributed by atoms with E-state index in [1.165, 1.54) is 14.0 Å². The van der Waals surface area contributed by atoms with Gasteiger partial charge in [-0.1, -0.05) is 0 Å². The summed E-state index contributed by atoms with van der Waals surface area (Å²) in [4.78, 5) is 23.0. The summed E-state index contributed by atoms with van der Waals surface area (Å²) in [6, 6.07) is 0. The summed E-state index contributed by atoms with van der Waals surface area (Å²) >= 11 is 0. The third kappa shape index (κ3) is 5.52. The number of hydrogen-bond acceptors (Lipinski definition) is 11. The van der Waals surface area contributed by atoms with Crippen LogP contribution in [-0.2, 0) is 28.5 Å². The highest BCUT2D eigenvalue weighted by atomic mass is 16.7. The average molecular weight is 438 g/mol. The van der Waals surface area contributed by atoms with Gasteiger partial charge < -0.3 is 54.4 Å². The predicted molar refractivity (Wildman–Crippen MR) is 96.2 cm³/mol.